The molecule has 4 aromatic rings. The van der Waals surface area contributed by atoms with Crippen molar-refractivity contribution in [1.82, 2.24) is 0 Å². The molecule has 0 amide bonds. The number of nitrogens with zero attached hydrogens (tertiary/aromatic N) is 2. The van der Waals surface area contributed by atoms with Crippen LogP contribution in [0.4, 0.5) is 0 Å². The second kappa shape index (κ2) is 9.53. The summed E-state index contributed by atoms with van der Waals surface area (Å²) in [5.74, 6) is -0.0773. The lowest BCUT2D eigenvalue weighted by molar-refractivity contribution is 0.617. The molecule has 172 valence electrons. The highest BCUT2D eigenvalue weighted by molar-refractivity contribution is 5.82. The van der Waals surface area contributed by atoms with Crippen LogP contribution in [0.3, 0.4) is 0 Å². The Balaban J connectivity index is 1.82. The molecule has 1 saturated carbocycles. The molecular weight excluding hydrogens is 436 g/mol. The second-order valence-electron chi connectivity index (χ2n) is 9.39. The predicted octanol–water partition coefficient (Wildman–Crippen LogP) is 7.71. The Labute approximate surface area is 213 Å². The predicted molar refractivity (Wildman–Crippen MR) is 145 cm³/mol. The first kappa shape index (κ1) is 23.1. The van der Waals surface area contributed by atoms with Crippen molar-refractivity contribution in [3.05, 3.63) is 161 Å². The minimum Gasteiger partial charge on any atom is -0.192 e. The molecule has 1 fully saturated rings. The third-order valence-electron chi connectivity index (χ3n) is 7.53. The summed E-state index contributed by atoms with van der Waals surface area (Å²) >= 11 is 0. The maximum Gasteiger partial charge on any atom is 0.126 e. The van der Waals surface area contributed by atoms with Gasteiger partial charge in [-0.15, -0.1) is 0 Å². The maximum atomic E-state index is 9.67. The summed E-state index contributed by atoms with van der Waals surface area (Å²) in [6.45, 7) is 2.26. The van der Waals surface area contributed by atoms with Gasteiger partial charge in [-0.1, -0.05) is 140 Å². The Morgan fingerprint density at radius 3 is 1.42 bits per heavy atom. The molecule has 0 radical (unpaired) electrons. The van der Waals surface area contributed by atoms with E-state index in [0.29, 0.717) is 0 Å². The molecule has 0 aliphatic heterocycles. The summed E-state index contributed by atoms with van der Waals surface area (Å²) < 4.78 is 0. The molecule has 2 atom stereocenters. The van der Waals surface area contributed by atoms with Crippen molar-refractivity contribution in [2.45, 2.75) is 12.3 Å². The first-order chi connectivity index (χ1) is 17.6. The topological polar surface area (TPSA) is 47.6 Å². The molecule has 2 unspecified atom stereocenters. The van der Waals surface area contributed by atoms with Gasteiger partial charge in [0.15, 0.2) is 0 Å². The maximum absolute atomic E-state index is 9.67. The lowest BCUT2D eigenvalue weighted by atomic mass is 9.79. The molecule has 0 saturated heterocycles. The molecule has 2 nitrogen and oxygen atoms in total. The van der Waals surface area contributed by atoms with Crippen LogP contribution in [0.25, 0.3) is 5.57 Å². The van der Waals surface area contributed by atoms with Gasteiger partial charge in [0.1, 0.15) is 17.7 Å². The molecule has 0 N–H and O–H groups in total. The van der Waals surface area contributed by atoms with Crippen LogP contribution in [0, 0.1) is 34.0 Å². The average molecular weight is 463 g/mol. The molecule has 0 heterocycles. The zero-order chi connectivity index (χ0) is 25.0. The van der Waals surface area contributed by atoms with E-state index in [2.05, 4.69) is 122 Å². The van der Waals surface area contributed by atoms with Crippen molar-refractivity contribution in [1.29, 1.82) is 10.5 Å². The highest BCUT2D eigenvalue weighted by atomic mass is 14.7. The SMILES string of the molecule is CC1(C=C(c2ccccc2)c2ccccc2)C(C=C(C#N)C#N)C1(c1ccccc1)c1ccccc1. The van der Waals surface area contributed by atoms with Gasteiger partial charge in [-0.05, 0) is 27.8 Å². The number of hydrogen-bond acceptors (Lipinski definition) is 2. The van der Waals surface area contributed by atoms with E-state index in [1.54, 1.807) is 0 Å². The standard InChI is InChI=1S/C34H26N2/c1-33(23-31(27-14-6-2-7-15-27)28-16-8-3-9-17-28)32(22-26(24-35)25-36)34(33,29-18-10-4-11-19-29)30-20-12-5-13-21-30/h2-23,32H,1H3. The number of nitriles is 2. The minimum atomic E-state index is -0.427. The van der Waals surface area contributed by atoms with Crippen LogP contribution in [-0.2, 0) is 5.41 Å². The summed E-state index contributed by atoms with van der Waals surface area (Å²) in [5, 5.41) is 19.3. The van der Waals surface area contributed by atoms with E-state index in [4.69, 9.17) is 0 Å². The normalized spacial score (nSPS) is 19.2. The highest BCUT2D eigenvalue weighted by Gasteiger charge is 2.73. The Morgan fingerprint density at radius 2 is 1.03 bits per heavy atom. The Hall–Kier alpha value is -4.66. The van der Waals surface area contributed by atoms with Gasteiger partial charge in [0.2, 0.25) is 0 Å². The van der Waals surface area contributed by atoms with Crippen LogP contribution in [-0.4, -0.2) is 0 Å². The number of benzene rings is 4. The van der Waals surface area contributed by atoms with Crippen LogP contribution in [0.5, 0.6) is 0 Å². The first-order valence-corrected chi connectivity index (χ1v) is 12.1. The zero-order valence-corrected chi connectivity index (χ0v) is 20.2. The van der Waals surface area contributed by atoms with Crippen molar-refractivity contribution in [2.75, 3.05) is 0 Å². The third kappa shape index (κ3) is 3.74. The van der Waals surface area contributed by atoms with Crippen LogP contribution >= 0.6 is 0 Å². The highest BCUT2D eigenvalue weighted by Crippen LogP contribution is 2.74. The van der Waals surface area contributed by atoms with E-state index in [0.717, 1.165) is 16.7 Å². The van der Waals surface area contributed by atoms with Gasteiger partial charge in [-0.3, -0.25) is 0 Å². The largest absolute Gasteiger partial charge is 0.192 e. The Kier molecular flexibility index (Phi) is 6.12. The Morgan fingerprint density at radius 1 is 0.639 bits per heavy atom. The van der Waals surface area contributed by atoms with Gasteiger partial charge in [-0.2, -0.15) is 10.5 Å². The summed E-state index contributed by atoms with van der Waals surface area (Å²) in [5.41, 5.74) is 5.08. The van der Waals surface area contributed by atoms with E-state index in [1.807, 2.05) is 30.3 Å². The fraction of sp³-hybridized carbons (Fsp3) is 0.118. The van der Waals surface area contributed by atoms with Crippen LogP contribution in [0.2, 0.25) is 0 Å². The van der Waals surface area contributed by atoms with Gasteiger partial charge in [0.05, 0.1) is 0 Å². The van der Waals surface area contributed by atoms with Crippen molar-refractivity contribution in [2.24, 2.45) is 11.3 Å². The summed E-state index contributed by atoms with van der Waals surface area (Å²) in [4.78, 5) is 0. The summed E-state index contributed by atoms with van der Waals surface area (Å²) in [6.07, 6.45) is 4.25. The minimum absolute atomic E-state index is 0.0773. The lowest BCUT2D eigenvalue weighted by Gasteiger charge is -2.24. The fourth-order valence-corrected chi connectivity index (χ4v) is 5.86. The van der Waals surface area contributed by atoms with Gasteiger partial charge in [-0.25, -0.2) is 0 Å². The molecule has 2 heteroatoms. The number of allylic oxidation sites excluding steroid dienone is 3. The number of hydrogen-bond donors (Lipinski definition) is 0. The van der Waals surface area contributed by atoms with Gasteiger partial charge in [0.25, 0.3) is 0 Å². The monoisotopic (exact) mass is 462 g/mol. The molecule has 36 heavy (non-hydrogen) atoms. The fourth-order valence-electron chi connectivity index (χ4n) is 5.86. The van der Waals surface area contributed by atoms with Crippen molar-refractivity contribution < 1.29 is 0 Å². The van der Waals surface area contributed by atoms with E-state index in [-0.39, 0.29) is 11.5 Å². The Bertz CT molecular complexity index is 1390. The van der Waals surface area contributed by atoms with Gasteiger partial charge >= 0.3 is 0 Å². The van der Waals surface area contributed by atoms with E-state index in [9.17, 15) is 10.5 Å². The van der Waals surface area contributed by atoms with Crippen LogP contribution in [0.15, 0.2) is 139 Å². The van der Waals surface area contributed by atoms with E-state index < -0.39 is 10.8 Å². The molecule has 5 rings (SSSR count). The second-order valence-corrected chi connectivity index (χ2v) is 9.39. The zero-order valence-electron chi connectivity index (χ0n) is 20.2. The summed E-state index contributed by atoms with van der Waals surface area (Å²) in [6, 6.07) is 46.0. The van der Waals surface area contributed by atoms with E-state index in [1.165, 1.54) is 11.1 Å². The van der Waals surface area contributed by atoms with Gasteiger partial charge in [0, 0.05) is 16.7 Å². The van der Waals surface area contributed by atoms with E-state index >= 15 is 0 Å². The number of rotatable bonds is 6. The smallest absolute Gasteiger partial charge is 0.126 e. The molecule has 1 aliphatic carbocycles. The first-order valence-electron chi connectivity index (χ1n) is 12.1. The average Bonchev–Trinajstić information content (AvgIpc) is 3.49. The quantitative estimate of drug-likeness (QED) is 0.275. The van der Waals surface area contributed by atoms with Crippen LogP contribution < -0.4 is 0 Å². The molecule has 0 bridgehead atoms. The van der Waals surface area contributed by atoms with Crippen LogP contribution in [0.1, 0.15) is 29.2 Å². The summed E-state index contributed by atoms with van der Waals surface area (Å²) in [7, 11) is 0. The molecular formula is C34H26N2. The molecule has 0 aromatic heterocycles. The molecule has 0 spiro atoms. The lowest BCUT2D eigenvalue weighted by Crippen LogP contribution is -2.18. The van der Waals surface area contributed by atoms with Crippen molar-refractivity contribution in [3.63, 3.8) is 0 Å². The third-order valence-corrected chi connectivity index (χ3v) is 7.53. The van der Waals surface area contributed by atoms with Crippen molar-refractivity contribution >= 4 is 5.57 Å². The molecule has 4 aromatic carbocycles. The van der Waals surface area contributed by atoms with Crippen molar-refractivity contribution in [3.8, 4) is 12.1 Å². The molecule has 1 aliphatic rings. The van der Waals surface area contributed by atoms with Gasteiger partial charge < -0.3 is 0 Å².